The summed E-state index contributed by atoms with van der Waals surface area (Å²) in [6.07, 6.45) is 0. The molecular weight excluding hydrogens is 424 g/mol. The highest BCUT2D eigenvalue weighted by Crippen LogP contribution is 2.16. The van der Waals surface area contributed by atoms with Crippen LogP contribution in [0, 0.1) is 0 Å². The van der Waals surface area contributed by atoms with Crippen LogP contribution in [-0.2, 0) is 21.2 Å². The normalized spacial score (nSPS) is 11.6. The molecule has 1 heterocycles. The zero-order chi connectivity index (χ0) is 18.3. The number of hydrogen-bond donors (Lipinski definition) is 1. The van der Waals surface area contributed by atoms with Crippen LogP contribution in [0.1, 0.15) is 11.8 Å². The molecule has 0 unspecified atom stereocenters. The molecule has 0 aliphatic rings. The number of carbonyl (C=O) groups excluding carboxylic acids is 1. The maximum Gasteiger partial charge on any atom is 0.234 e. The second-order valence-electron chi connectivity index (χ2n) is 5.50. The predicted octanol–water partition coefficient (Wildman–Crippen LogP) is 2.92. The summed E-state index contributed by atoms with van der Waals surface area (Å²) in [5, 5.41) is 4.83. The Morgan fingerprint density at radius 3 is 2.56 bits per heavy atom. The lowest BCUT2D eigenvalue weighted by Crippen LogP contribution is -2.39. The Bertz CT molecular complexity index is 775. The molecule has 1 aromatic carbocycles. The van der Waals surface area contributed by atoms with E-state index >= 15 is 0 Å². The maximum atomic E-state index is 12.4. The zero-order valence-corrected chi connectivity index (χ0v) is 17.2. The van der Waals surface area contributed by atoms with Gasteiger partial charge in [-0.05, 0) is 42.3 Å². The highest BCUT2D eigenvalue weighted by atomic mass is 79.9. The van der Waals surface area contributed by atoms with Crippen LogP contribution in [0.5, 0.6) is 0 Å². The third-order valence-electron chi connectivity index (χ3n) is 3.70. The lowest BCUT2D eigenvalue weighted by molar-refractivity contribution is -0.122. The van der Waals surface area contributed by atoms with E-state index in [1.807, 2.05) is 29.3 Å². The minimum Gasteiger partial charge on any atom is -0.350 e. The number of rotatable bonds is 9. The molecule has 136 valence electrons. The van der Waals surface area contributed by atoms with Gasteiger partial charge in [0.1, 0.15) is 0 Å². The highest BCUT2D eigenvalue weighted by Gasteiger charge is 2.17. The molecule has 8 heteroatoms. The minimum atomic E-state index is -3.36. The van der Waals surface area contributed by atoms with Crippen LogP contribution in [0.2, 0.25) is 0 Å². The first kappa shape index (κ1) is 20.1. The Balaban J connectivity index is 1.84. The molecule has 25 heavy (non-hydrogen) atoms. The van der Waals surface area contributed by atoms with Gasteiger partial charge in [-0.25, -0.2) is 8.42 Å². The first-order valence-electron chi connectivity index (χ1n) is 7.90. The Labute approximate surface area is 161 Å². The van der Waals surface area contributed by atoms with Gasteiger partial charge in [0.05, 0.1) is 23.7 Å². The fraction of sp³-hybridized carbons (Fsp3) is 0.353. The van der Waals surface area contributed by atoms with Gasteiger partial charge in [-0.2, -0.15) is 0 Å². The summed E-state index contributed by atoms with van der Waals surface area (Å²) in [6, 6.07) is 10.5. The van der Waals surface area contributed by atoms with Gasteiger partial charge in [0.2, 0.25) is 5.91 Å². The van der Waals surface area contributed by atoms with Crippen molar-refractivity contribution in [1.29, 1.82) is 0 Å². The Kier molecular flexibility index (Phi) is 7.61. The van der Waals surface area contributed by atoms with Gasteiger partial charge in [0.15, 0.2) is 9.84 Å². The quantitative estimate of drug-likeness (QED) is 0.645. The first-order chi connectivity index (χ1) is 11.9. The maximum absolute atomic E-state index is 12.4. The molecule has 0 bridgehead atoms. The van der Waals surface area contributed by atoms with Gasteiger partial charge >= 0.3 is 0 Å². The number of sulfone groups is 1. The van der Waals surface area contributed by atoms with Crippen molar-refractivity contribution in [3.63, 3.8) is 0 Å². The summed E-state index contributed by atoms with van der Waals surface area (Å²) in [7, 11) is -3.36. The Morgan fingerprint density at radius 2 is 1.96 bits per heavy atom. The van der Waals surface area contributed by atoms with Crippen LogP contribution in [0.4, 0.5) is 0 Å². The van der Waals surface area contributed by atoms with E-state index in [0.717, 1.165) is 9.35 Å². The molecule has 5 nitrogen and oxygen atoms in total. The molecule has 1 N–H and O–H groups in total. The Hall–Kier alpha value is -1.22. The van der Waals surface area contributed by atoms with Crippen LogP contribution in [-0.4, -0.2) is 44.6 Å². The molecule has 0 aliphatic carbocycles. The van der Waals surface area contributed by atoms with E-state index in [9.17, 15) is 13.2 Å². The van der Waals surface area contributed by atoms with Crippen molar-refractivity contribution in [2.75, 3.05) is 25.4 Å². The first-order valence-corrected chi connectivity index (χ1v) is 11.2. The number of benzene rings is 1. The second-order valence-corrected chi connectivity index (χ2v) is 9.55. The summed E-state index contributed by atoms with van der Waals surface area (Å²) in [5.74, 6) is -0.114. The molecular formula is C17H21BrN2O3S2. The van der Waals surface area contributed by atoms with Gasteiger partial charge < -0.3 is 5.32 Å². The van der Waals surface area contributed by atoms with E-state index in [2.05, 4.69) is 21.2 Å². The van der Waals surface area contributed by atoms with Gasteiger partial charge in [-0.3, -0.25) is 9.69 Å². The van der Waals surface area contributed by atoms with Crippen LogP contribution in [0.3, 0.4) is 0 Å². The molecule has 0 saturated heterocycles. The van der Waals surface area contributed by atoms with Crippen molar-refractivity contribution in [1.82, 2.24) is 10.2 Å². The summed E-state index contributed by atoms with van der Waals surface area (Å²) >= 11 is 4.89. The molecule has 1 aromatic heterocycles. The summed E-state index contributed by atoms with van der Waals surface area (Å²) in [5.41, 5.74) is 0. The molecule has 2 rings (SSSR count). The lowest BCUT2D eigenvalue weighted by atomic mass is 10.4. The fourth-order valence-electron chi connectivity index (χ4n) is 2.22. The van der Waals surface area contributed by atoms with Gasteiger partial charge in [0, 0.05) is 15.9 Å². The van der Waals surface area contributed by atoms with Crippen LogP contribution < -0.4 is 5.32 Å². The van der Waals surface area contributed by atoms with Crippen LogP contribution >= 0.6 is 27.3 Å². The van der Waals surface area contributed by atoms with Crippen molar-refractivity contribution in [2.24, 2.45) is 0 Å². The number of hydrogen-bond acceptors (Lipinski definition) is 5. The smallest absolute Gasteiger partial charge is 0.234 e. The molecule has 1 amide bonds. The average molecular weight is 445 g/mol. The van der Waals surface area contributed by atoms with E-state index in [4.69, 9.17) is 0 Å². The van der Waals surface area contributed by atoms with Gasteiger partial charge in [0.25, 0.3) is 0 Å². The van der Waals surface area contributed by atoms with Crippen molar-refractivity contribution in [2.45, 2.75) is 18.4 Å². The number of nitrogens with one attached hydrogen (secondary N) is 1. The number of carbonyl (C=O) groups is 1. The zero-order valence-electron chi connectivity index (χ0n) is 13.9. The number of nitrogens with zero attached hydrogens (tertiary/aromatic N) is 1. The molecule has 0 radical (unpaired) electrons. The lowest BCUT2D eigenvalue weighted by Gasteiger charge is -2.19. The third kappa shape index (κ3) is 6.54. The van der Waals surface area contributed by atoms with E-state index in [-0.39, 0.29) is 18.2 Å². The van der Waals surface area contributed by atoms with Crippen LogP contribution in [0.15, 0.2) is 51.1 Å². The topological polar surface area (TPSA) is 66.5 Å². The second kappa shape index (κ2) is 9.47. The molecule has 2 aromatic rings. The van der Waals surface area contributed by atoms with Gasteiger partial charge in [-0.1, -0.05) is 28.9 Å². The molecule has 0 aliphatic heterocycles. The number of amides is 1. The molecule has 0 fully saturated rings. The van der Waals surface area contributed by atoms with Crippen molar-refractivity contribution in [3.05, 3.63) is 51.1 Å². The summed E-state index contributed by atoms with van der Waals surface area (Å²) < 4.78 is 25.6. The summed E-state index contributed by atoms with van der Waals surface area (Å²) in [4.78, 5) is 15.3. The van der Waals surface area contributed by atoms with Gasteiger partial charge in [-0.15, -0.1) is 11.3 Å². The summed E-state index contributed by atoms with van der Waals surface area (Å²) in [6.45, 7) is 3.55. The highest BCUT2D eigenvalue weighted by molar-refractivity contribution is 9.10. The number of thiophene rings is 1. The minimum absolute atomic E-state index is 0.0132. The molecule has 0 saturated carbocycles. The predicted molar refractivity (Wildman–Crippen MR) is 104 cm³/mol. The van der Waals surface area contributed by atoms with E-state index in [0.29, 0.717) is 24.5 Å². The van der Waals surface area contributed by atoms with E-state index < -0.39 is 9.84 Å². The average Bonchev–Trinajstić information content (AvgIpc) is 3.10. The molecule has 0 spiro atoms. The van der Waals surface area contributed by atoms with Crippen LogP contribution in [0.25, 0.3) is 0 Å². The number of halogens is 1. The fourth-order valence-corrected chi connectivity index (χ4v) is 4.41. The monoisotopic (exact) mass is 444 g/mol. The largest absolute Gasteiger partial charge is 0.350 e. The van der Waals surface area contributed by atoms with Crippen molar-refractivity contribution < 1.29 is 13.2 Å². The third-order valence-corrected chi connectivity index (χ3v) is 6.82. The molecule has 0 atom stereocenters. The van der Waals surface area contributed by atoms with E-state index in [1.165, 1.54) is 0 Å². The van der Waals surface area contributed by atoms with Crippen molar-refractivity contribution >= 4 is 43.0 Å². The van der Waals surface area contributed by atoms with E-state index in [1.54, 1.807) is 35.6 Å². The standard InChI is InChI=1S/C17H21BrN2O3S2/c1-2-20(13-17(21)19-12-15-4-3-10-24-15)9-11-25(22,23)16-7-5-14(18)6-8-16/h3-8,10H,2,9,11-13H2,1H3,(H,19,21). The van der Waals surface area contributed by atoms with Crippen molar-refractivity contribution in [3.8, 4) is 0 Å². The Morgan fingerprint density at radius 1 is 1.24 bits per heavy atom. The SMILES string of the molecule is CCN(CCS(=O)(=O)c1ccc(Br)cc1)CC(=O)NCc1cccs1. The number of likely N-dealkylation sites (N-methyl/N-ethyl adjacent to an activating group) is 1.